The van der Waals surface area contributed by atoms with Gasteiger partial charge in [0.05, 0.1) is 5.69 Å². The van der Waals surface area contributed by atoms with Crippen LogP contribution < -0.4 is 16.0 Å². The molecule has 0 saturated carbocycles. The standard InChI is InChI=1S/C12H21N5/c1-12(2,3)17(4)10-8-7-14-6-5-9(8)15-11(13)16-10/h14H,5-7H2,1-4H3,(H2,13,15,16). The van der Waals surface area contributed by atoms with Crippen LogP contribution in [-0.2, 0) is 13.0 Å². The quantitative estimate of drug-likeness (QED) is 0.758. The van der Waals surface area contributed by atoms with E-state index in [1.54, 1.807) is 0 Å². The van der Waals surface area contributed by atoms with Crippen LogP contribution in [0.4, 0.5) is 11.8 Å². The van der Waals surface area contributed by atoms with Crippen LogP contribution in [0.5, 0.6) is 0 Å². The first kappa shape index (κ1) is 12.1. The van der Waals surface area contributed by atoms with Crippen molar-refractivity contribution in [2.45, 2.75) is 39.3 Å². The Labute approximate surface area is 102 Å². The molecule has 0 bridgehead atoms. The SMILES string of the molecule is CN(c1nc(N)nc2c1CNCC2)C(C)(C)C. The van der Waals surface area contributed by atoms with E-state index in [1.165, 1.54) is 5.56 Å². The van der Waals surface area contributed by atoms with Gasteiger partial charge in [-0.15, -0.1) is 0 Å². The zero-order valence-corrected chi connectivity index (χ0v) is 11.0. The van der Waals surface area contributed by atoms with Crippen LogP contribution in [-0.4, -0.2) is 29.1 Å². The topological polar surface area (TPSA) is 67.1 Å². The van der Waals surface area contributed by atoms with Crippen molar-refractivity contribution in [1.82, 2.24) is 15.3 Å². The van der Waals surface area contributed by atoms with Gasteiger partial charge in [0.15, 0.2) is 0 Å². The molecule has 3 N–H and O–H groups in total. The number of nitrogens with two attached hydrogens (primary N) is 1. The Bertz CT molecular complexity index is 422. The molecule has 1 aromatic heterocycles. The van der Waals surface area contributed by atoms with Crippen molar-refractivity contribution in [1.29, 1.82) is 0 Å². The molecule has 2 rings (SSSR count). The molecule has 0 atom stereocenters. The molecular formula is C12H21N5. The number of rotatable bonds is 1. The minimum absolute atomic E-state index is 0.0199. The molecule has 0 aliphatic carbocycles. The second kappa shape index (κ2) is 4.14. The first-order chi connectivity index (χ1) is 7.89. The molecule has 1 aromatic rings. The molecule has 0 amide bonds. The minimum atomic E-state index is 0.0199. The Morgan fingerprint density at radius 2 is 2.00 bits per heavy atom. The fraction of sp³-hybridized carbons (Fsp3) is 0.667. The second-order valence-electron chi connectivity index (χ2n) is 5.49. The van der Waals surface area contributed by atoms with Gasteiger partial charge < -0.3 is 16.0 Å². The highest BCUT2D eigenvalue weighted by atomic mass is 15.2. The van der Waals surface area contributed by atoms with Gasteiger partial charge in [-0.1, -0.05) is 0 Å². The lowest BCUT2D eigenvalue weighted by molar-refractivity contribution is 0.526. The third kappa shape index (κ3) is 2.34. The predicted octanol–water partition coefficient (Wildman–Crippen LogP) is 0.939. The lowest BCUT2D eigenvalue weighted by Crippen LogP contribution is -2.40. The Morgan fingerprint density at radius 1 is 1.29 bits per heavy atom. The first-order valence-corrected chi connectivity index (χ1v) is 5.99. The zero-order chi connectivity index (χ0) is 12.6. The Morgan fingerprint density at radius 3 is 2.65 bits per heavy atom. The number of anilines is 2. The minimum Gasteiger partial charge on any atom is -0.368 e. The van der Waals surface area contributed by atoms with E-state index in [4.69, 9.17) is 5.73 Å². The van der Waals surface area contributed by atoms with Gasteiger partial charge in [0.1, 0.15) is 5.82 Å². The first-order valence-electron chi connectivity index (χ1n) is 5.99. The van der Waals surface area contributed by atoms with E-state index in [2.05, 4.69) is 48.0 Å². The van der Waals surface area contributed by atoms with Gasteiger partial charge in [-0.05, 0) is 20.8 Å². The number of hydrogen-bond acceptors (Lipinski definition) is 5. The van der Waals surface area contributed by atoms with Crippen molar-refractivity contribution in [2.24, 2.45) is 0 Å². The smallest absolute Gasteiger partial charge is 0.222 e. The van der Waals surface area contributed by atoms with E-state index in [1.807, 2.05) is 0 Å². The Balaban J connectivity index is 2.49. The molecule has 17 heavy (non-hydrogen) atoms. The van der Waals surface area contributed by atoms with Crippen LogP contribution >= 0.6 is 0 Å². The molecule has 0 aromatic carbocycles. The summed E-state index contributed by atoms with van der Waals surface area (Å²) in [6.45, 7) is 8.27. The fourth-order valence-corrected chi connectivity index (χ4v) is 1.94. The molecule has 0 radical (unpaired) electrons. The third-order valence-corrected chi connectivity index (χ3v) is 3.25. The average molecular weight is 235 g/mol. The van der Waals surface area contributed by atoms with Crippen LogP contribution in [0.2, 0.25) is 0 Å². The van der Waals surface area contributed by atoms with Crippen molar-refractivity contribution in [3.05, 3.63) is 11.3 Å². The maximum atomic E-state index is 5.79. The third-order valence-electron chi connectivity index (χ3n) is 3.25. The van der Waals surface area contributed by atoms with E-state index < -0.39 is 0 Å². The van der Waals surface area contributed by atoms with Crippen LogP contribution in [0, 0.1) is 0 Å². The molecule has 2 heterocycles. The lowest BCUT2D eigenvalue weighted by Gasteiger charge is -2.35. The molecule has 5 nitrogen and oxygen atoms in total. The van der Waals surface area contributed by atoms with Crippen LogP contribution in [0.15, 0.2) is 0 Å². The van der Waals surface area contributed by atoms with Crippen LogP contribution in [0.25, 0.3) is 0 Å². The predicted molar refractivity (Wildman–Crippen MR) is 70.0 cm³/mol. The van der Waals surface area contributed by atoms with Crippen molar-refractivity contribution in [3.8, 4) is 0 Å². The molecular weight excluding hydrogens is 214 g/mol. The molecule has 0 saturated heterocycles. The number of nitrogens with zero attached hydrogens (tertiary/aromatic N) is 3. The molecule has 1 aliphatic heterocycles. The average Bonchev–Trinajstić information content (AvgIpc) is 2.25. The summed E-state index contributed by atoms with van der Waals surface area (Å²) >= 11 is 0. The van der Waals surface area contributed by atoms with Gasteiger partial charge in [-0.3, -0.25) is 0 Å². The summed E-state index contributed by atoms with van der Waals surface area (Å²) in [4.78, 5) is 10.9. The highest BCUT2D eigenvalue weighted by Crippen LogP contribution is 2.27. The number of hydrogen-bond donors (Lipinski definition) is 2. The summed E-state index contributed by atoms with van der Waals surface area (Å²) < 4.78 is 0. The summed E-state index contributed by atoms with van der Waals surface area (Å²) in [6.07, 6.45) is 0.924. The van der Waals surface area contributed by atoms with Gasteiger partial charge in [0, 0.05) is 37.7 Å². The van der Waals surface area contributed by atoms with Crippen molar-refractivity contribution >= 4 is 11.8 Å². The van der Waals surface area contributed by atoms with Gasteiger partial charge in [-0.25, -0.2) is 4.98 Å². The van der Waals surface area contributed by atoms with E-state index in [-0.39, 0.29) is 5.54 Å². The van der Waals surface area contributed by atoms with Gasteiger partial charge in [0.2, 0.25) is 5.95 Å². The molecule has 5 heteroatoms. The van der Waals surface area contributed by atoms with Crippen molar-refractivity contribution < 1.29 is 0 Å². The molecule has 0 spiro atoms. The number of fused-ring (bicyclic) bond motifs is 1. The fourth-order valence-electron chi connectivity index (χ4n) is 1.94. The monoisotopic (exact) mass is 235 g/mol. The van der Waals surface area contributed by atoms with E-state index in [0.717, 1.165) is 31.0 Å². The number of nitrogens with one attached hydrogen (secondary N) is 1. The second-order valence-corrected chi connectivity index (χ2v) is 5.49. The highest BCUT2D eigenvalue weighted by Gasteiger charge is 2.25. The normalized spacial score (nSPS) is 15.5. The van der Waals surface area contributed by atoms with Gasteiger partial charge in [-0.2, -0.15) is 4.98 Å². The number of nitrogen functional groups attached to an aromatic ring is 1. The largest absolute Gasteiger partial charge is 0.368 e. The molecule has 0 fully saturated rings. The Hall–Kier alpha value is -1.36. The summed E-state index contributed by atoms with van der Waals surface area (Å²) in [5, 5.41) is 3.36. The van der Waals surface area contributed by atoms with Crippen molar-refractivity contribution in [2.75, 3.05) is 24.2 Å². The summed E-state index contributed by atoms with van der Waals surface area (Å²) in [7, 11) is 2.05. The molecule has 94 valence electrons. The van der Waals surface area contributed by atoms with E-state index >= 15 is 0 Å². The summed E-state index contributed by atoms with van der Waals surface area (Å²) in [6, 6.07) is 0. The van der Waals surface area contributed by atoms with Crippen LogP contribution in [0.1, 0.15) is 32.0 Å². The van der Waals surface area contributed by atoms with E-state index in [9.17, 15) is 0 Å². The molecule has 1 aliphatic rings. The summed E-state index contributed by atoms with van der Waals surface area (Å²) in [5.74, 6) is 1.32. The van der Waals surface area contributed by atoms with Crippen molar-refractivity contribution in [3.63, 3.8) is 0 Å². The molecule has 0 unspecified atom stereocenters. The lowest BCUT2D eigenvalue weighted by atomic mass is 10.0. The Kier molecular flexibility index (Phi) is 2.95. The summed E-state index contributed by atoms with van der Waals surface area (Å²) in [5.41, 5.74) is 8.08. The highest BCUT2D eigenvalue weighted by molar-refractivity contribution is 5.53. The zero-order valence-electron chi connectivity index (χ0n) is 11.0. The van der Waals surface area contributed by atoms with Gasteiger partial charge in [0.25, 0.3) is 0 Å². The maximum absolute atomic E-state index is 5.79. The van der Waals surface area contributed by atoms with Crippen LogP contribution in [0.3, 0.4) is 0 Å². The van der Waals surface area contributed by atoms with E-state index in [0.29, 0.717) is 5.95 Å². The maximum Gasteiger partial charge on any atom is 0.222 e. The van der Waals surface area contributed by atoms with Gasteiger partial charge >= 0.3 is 0 Å². The number of aromatic nitrogens is 2.